The van der Waals surface area contributed by atoms with E-state index in [4.69, 9.17) is 4.74 Å². The molecule has 0 aliphatic carbocycles. The number of nitrogens with zero attached hydrogens (tertiary/aromatic N) is 3. The van der Waals surface area contributed by atoms with Crippen LogP contribution in [0.4, 0.5) is 0 Å². The Bertz CT molecular complexity index is 1380. The number of cyclic esters (lactones) is 1. The highest BCUT2D eigenvalue weighted by Gasteiger charge is 2.25. The second-order valence-electron chi connectivity index (χ2n) is 8.88. The Morgan fingerprint density at radius 2 is 1.50 bits per heavy atom. The van der Waals surface area contributed by atoms with Crippen LogP contribution in [0.2, 0.25) is 0 Å². The van der Waals surface area contributed by atoms with Gasteiger partial charge in [0.05, 0.1) is 4.90 Å². The normalized spacial score (nSPS) is 14.9. The van der Waals surface area contributed by atoms with Gasteiger partial charge in [0.2, 0.25) is 15.9 Å². The minimum absolute atomic E-state index is 0.285. The SMILES string of the molecule is CN(C=C1N=C(c2cccc3ccccc23)OC1=O)CCCCCCN(C)S(=O)(=O)c1ccccc1. The van der Waals surface area contributed by atoms with E-state index < -0.39 is 16.0 Å². The summed E-state index contributed by atoms with van der Waals surface area (Å²) >= 11 is 0. The Labute approximate surface area is 212 Å². The molecule has 0 bridgehead atoms. The quantitative estimate of drug-likeness (QED) is 0.213. The molecular formula is C28H31N3O4S. The number of hydrogen-bond donors (Lipinski definition) is 0. The predicted octanol–water partition coefficient (Wildman–Crippen LogP) is 4.80. The van der Waals surface area contributed by atoms with Gasteiger partial charge in [-0.15, -0.1) is 0 Å². The maximum atomic E-state index is 12.6. The summed E-state index contributed by atoms with van der Waals surface area (Å²) in [6.45, 7) is 1.24. The van der Waals surface area contributed by atoms with Crippen molar-refractivity contribution in [2.75, 3.05) is 27.2 Å². The molecule has 1 aliphatic heterocycles. The number of benzene rings is 3. The molecule has 0 amide bonds. The Balaban J connectivity index is 1.24. The van der Waals surface area contributed by atoms with Gasteiger partial charge in [-0.1, -0.05) is 67.4 Å². The Morgan fingerprint density at radius 1 is 0.833 bits per heavy atom. The van der Waals surface area contributed by atoms with Gasteiger partial charge in [0.15, 0.2) is 5.70 Å². The zero-order chi connectivity index (χ0) is 25.5. The van der Waals surface area contributed by atoms with Gasteiger partial charge in [0, 0.05) is 38.9 Å². The van der Waals surface area contributed by atoms with Gasteiger partial charge in [-0.2, -0.15) is 0 Å². The molecule has 3 aromatic rings. The number of unbranched alkanes of at least 4 members (excludes halogenated alkanes) is 3. The molecule has 188 valence electrons. The van der Waals surface area contributed by atoms with E-state index in [-0.39, 0.29) is 5.70 Å². The lowest BCUT2D eigenvalue weighted by Crippen LogP contribution is -2.27. The van der Waals surface area contributed by atoms with Gasteiger partial charge in [-0.3, -0.25) is 0 Å². The zero-order valence-electron chi connectivity index (χ0n) is 20.6. The number of fused-ring (bicyclic) bond motifs is 1. The van der Waals surface area contributed by atoms with E-state index in [9.17, 15) is 13.2 Å². The van der Waals surface area contributed by atoms with Crippen LogP contribution < -0.4 is 0 Å². The third-order valence-electron chi connectivity index (χ3n) is 6.17. The number of esters is 1. The average Bonchev–Trinajstić information content (AvgIpc) is 3.25. The molecule has 3 aromatic carbocycles. The maximum absolute atomic E-state index is 12.6. The maximum Gasteiger partial charge on any atom is 0.365 e. The number of carbonyl (C=O) groups is 1. The number of hydrogen-bond acceptors (Lipinski definition) is 6. The van der Waals surface area contributed by atoms with Crippen LogP contribution in [0.15, 0.2) is 94.6 Å². The zero-order valence-corrected chi connectivity index (χ0v) is 21.4. The third-order valence-corrected chi connectivity index (χ3v) is 8.04. The molecule has 1 aliphatic rings. The number of carbonyl (C=O) groups excluding carboxylic acids is 1. The second kappa shape index (κ2) is 11.5. The summed E-state index contributed by atoms with van der Waals surface area (Å²) in [7, 11) is 0.0901. The molecule has 0 aromatic heterocycles. The molecule has 0 atom stereocenters. The Morgan fingerprint density at radius 3 is 2.28 bits per heavy atom. The molecule has 1 heterocycles. The smallest absolute Gasteiger partial charge is 0.365 e. The Kier molecular flexibility index (Phi) is 8.18. The molecule has 4 rings (SSSR count). The Hall–Kier alpha value is -3.49. The molecule has 8 heteroatoms. The number of sulfonamides is 1. The molecule has 0 fully saturated rings. The highest BCUT2D eigenvalue weighted by Crippen LogP contribution is 2.24. The molecule has 7 nitrogen and oxygen atoms in total. The van der Waals surface area contributed by atoms with Crippen molar-refractivity contribution in [2.24, 2.45) is 4.99 Å². The number of ether oxygens (including phenoxy) is 1. The second-order valence-corrected chi connectivity index (χ2v) is 10.9. The van der Waals surface area contributed by atoms with Gasteiger partial charge >= 0.3 is 5.97 Å². The van der Waals surface area contributed by atoms with Gasteiger partial charge < -0.3 is 9.64 Å². The van der Waals surface area contributed by atoms with Crippen LogP contribution >= 0.6 is 0 Å². The van der Waals surface area contributed by atoms with E-state index in [1.807, 2.05) is 54.4 Å². The fourth-order valence-corrected chi connectivity index (χ4v) is 5.37. The first-order valence-corrected chi connectivity index (χ1v) is 13.5. The first-order chi connectivity index (χ1) is 17.4. The topological polar surface area (TPSA) is 79.3 Å². The van der Waals surface area contributed by atoms with Crippen LogP contribution in [0.25, 0.3) is 10.8 Å². The molecule has 0 spiro atoms. The van der Waals surface area contributed by atoms with E-state index in [0.717, 1.165) is 48.6 Å². The summed E-state index contributed by atoms with van der Waals surface area (Å²) in [5.74, 6) is -0.126. The number of aliphatic imine (C=N–C) groups is 1. The molecule has 0 N–H and O–H groups in total. The van der Waals surface area contributed by atoms with E-state index in [1.165, 1.54) is 4.31 Å². The summed E-state index contributed by atoms with van der Waals surface area (Å²) in [6.07, 6.45) is 5.32. The lowest BCUT2D eigenvalue weighted by atomic mass is 10.0. The molecule has 0 radical (unpaired) electrons. The van der Waals surface area contributed by atoms with Crippen molar-refractivity contribution >= 4 is 32.7 Å². The fraction of sp³-hybridized carbons (Fsp3) is 0.286. The fourth-order valence-electron chi connectivity index (χ4n) is 4.14. The van der Waals surface area contributed by atoms with Crippen molar-refractivity contribution in [3.8, 4) is 0 Å². The molecular weight excluding hydrogens is 474 g/mol. The van der Waals surface area contributed by atoms with Crippen molar-refractivity contribution in [1.29, 1.82) is 0 Å². The van der Waals surface area contributed by atoms with Crippen LogP contribution in [0, 0.1) is 0 Å². The predicted molar refractivity (Wildman–Crippen MR) is 142 cm³/mol. The van der Waals surface area contributed by atoms with Gasteiger partial charge in [-0.05, 0) is 41.8 Å². The van der Waals surface area contributed by atoms with E-state index >= 15 is 0 Å². The monoisotopic (exact) mass is 505 g/mol. The number of rotatable bonds is 11. The third kappa shape index (κ3) is 6.01. The minimum atomic E-state index is -3.44. The van der Waals surface area contributed by atoms with Gasteiger partial charge in [0.25, 0.3) is 0 Å². The first-order valence-electron chi connectivity index (χ1n) is 12.1. The van der Waals surface area contributed by atoms with Crippen molar-refractivity contribution in [3.05, 3.63) is 90.3 Å². The first kappa shape index (κ1) is 25.6. The summed E-state index contributed by atoms with van der Waals surface area (Å²) in [6, 6.07) is 22.3. The van der Waals surface area contributed by atoms with Crippen molar-refractivity contribution in [2.45, 2.75) is 30.6 Å². The minimum Gasteiger partial charge on any atom is -0.402 e. The van der Waals surface area contributed by atoms with Crippen LogP contribution in [0.3, 0.4) is 0 Å². The molecule has 0 saturated carbocycles. The lowest BCUT2D eigenvalue weighted by molar-refractivity contribution is -0.130. The molecule has 0 saturated heterocycles. The van der Waals surface area contributed by atoms with Crippen molar-refractivity contribution in [3.63, 3.8) is 0 Å². The standard InChI is InChI=1S/C28H31N3O4S/c1-30(19-10-3-4-11-20-31(2)36(33,34)23-15-6-5-7-16-23)21-26-28(32)35-27(29-26)25-18-12-14-22-13-8-9-17-24(22)25/h5-9,12-18,21H,3-4,10-11,19-20H2,1-2H3. The van der Waals surface area contributed by atoms with Crippen molar-refractivity contribution < 1.29 is 17.9 Å². The van der Waals surface area contributed by atoms with Gasteiger partial charge in [-0.25, -0.2) is 22.5 Å². The van der Waals surface area contributed by atoms with Crippen LogP contribution in [-0.2, 0) is 19.6 Å². The largest absolute Gasteiger partial charge is 0.402 e. The molecule has 36 heavy (non-hydrogen) atoms. The van der Waals surface area contributed by atoms with E-state index in [1.54, 1.807) is 43.6 Å². The average molecular weight is 506 g/mol. The van der Waals surface area contributed by atoms with Crippen LogP contribution in [-0.4, -0.2) is 56.7 Å². The highest BCUT2D eigenvalue weighted by atomic mass is 32.2. The highest BCUT2D eigenvalue weighted by molar-refractivity contribution is 7.89. The lowest BCUT2D eigenvalue weighted by Gasteiger charge is -2.17. The van der Waals surface area contributed by atoms with E-state index in [0.29, 0.717) is 17.3 Å². The summed E-state index contributed by atoms with van der Waals surface area (Å²) in [5.41, 5.74) is 1.08. The van der Waals surface area contributed by atoms with Gasteiger partial charge in [0.1, 0.15) is 0 Å². The van der Waals surface area contributed by atoms with E-state index in [2.05, 4.69) is 4.99 Å². The summed E-state index contributed by atoms with van der Waals surface area (Å²) in [5, 5.41) is 2.05. The van der Waals surface area contributed by atoms with Crippen molar-refractivity contribution in [1.82, 2.24) is 9.21 Å². The summed E-state index contributed by atoms with van der Waals surface area (Å²) in [4.78, 5) is 19.1. The van der Waals surface area contributed by atoms with Crippen LogP contribution in [0.1, 0.15) is 31.2 Å². The van der Waals surface area contributed by atoms with Crippen LogP contribution in [0.5, 0.6) is 0 Å². The summed E-state index contributed by atoms with van der Waals surface area (Å²) < 4.78 is 32.0. The molecule has 0 unspecified atom stereocenters.